The van der Waals surface area contributed by atoms with Crippen LogP contribution in [0.4, 0.5) is 5.13 Å². The van der Waals surface area contributed by atoms with Crippen LogP contribution in [0.1, 0.15) is 10.5 Å². The topological polar surface area (TPSA) is 93.4 Å². The van der Waals surface area contributed by atoms with Gasteiger partial charge in [-0.15, -0.1) is 0 Å². The number of benzene rings is 1. The SMILES string of the molecule is CS(=O)(=O)c1nc(C(=O)Nc2nc3ccccc3s2)c2ccccn12. The number of para-hydroxylation sites is 1. The zero-order valence-electron chi connectivity index (χ0n) is 13.0. The predicted molar refractivity (Wildman–Crippen MR) is 95.9 cm³/mol. The van der Waals surface area contributed by atoms with Gasteiger partial charge in [-0.25, -0.2) is 18.4 Å². The summed E-state index contributed by atoms with van der Waals surface area (Å²) in [6.45, 7) is 0. The Bertz CT molecular complexity index is 1190. The highest BCUT2D eigenvalue weighted by molar-refractivity contribution is 7.90. The zero-order valence-corrected chi connectivity index (χ0v) is 14.6. The van der Waals surface area contributed by atoms with Crippen LogP contribution in [0.2, 0.25) is 0 Å². The van der Waals surface area contributed by atoms with Gasteiger partial charge in [0.25, 0.3) is 5.91 Å². The summed E-state index contributed by atoms with van der Waals surface area (Å²) < 4.78 is 26.2. The Morgan fingerprint density at radius 2 is 1.88 bits per heavy atom. The maximum Gasteiger partial charge on any atom is 0.278 e. The van der Waals surface area contributed by atoms with Gasteiger partial charge in [-0.1, -0.05) is 29.5 Å². The Labute approximate surface area is 146 Å². The van der Waals surface area contributed by atoms with Crippen molar-refractivity contribution in [2.45, 2.75) is 5.16 Å². The van der Waals surface area contributed by atoms with Crippen molar-refractivity contribution in [3.05, 3.63) is 54.4 Å². The number of hydrogen-bond acceptors (Lipinski definition) is 6. The van der Waals surface area contributed by atoms with Crippen LogP contribution in [0, 0.1) is 0 Å². The average Bonchev–Trinajstić information content (AvgIpc) is 3.15. The van der Waals surface area contributed by atoms with Crippen LogP contribution in [0.5, 0.6) is 0 Å². The number of nitrogens with zero attached hydrogens (tertiary/aromatic N) is 3. The van der Waals surface area contributed by atoms with Gasteiger partial charge in [0.2, 0.25) is 15.0 Å². The number of aromatic nitrogens is 3. The lowest BCUT2D eigenvalue weighted by Gasteiger charge is -1.99. The summed E-state index contributed by atoms with van der Waals surface area (Å²) in [5.74, 6) is -0.502. The van der Waals surface area contributed by atoms with Gasteiger partial charge in [0.1, 0.15) is 0 Å². The van der Waals surface area contributed by atoms with Crippen molar-refractivity contribution in [2.75, 3.05) is 11.6 Å². The molecule has 3 heterocycles. The number of carbonyl (C=O) groups excluding carboxylic acids is 1. The molecule has 0 bridgehead atoms. The lowest BCUT2D eigenvalue weighted by molar-refractivity contribution is 0.102. The number of amides is 1. The van der Waals surface area contributed by atoms with Gasteiger partial charge < -0.3 is 0 Å². The Balaban J connectivity index is 1.77. The van der Waals surface area contributed by atoms with E-state index < -0.39 is 15.7 Å². The molecule has 7 nitrogen and oxygen atoms in total. The lowest BCUT2D eigenvalue weighted by Crippen LogP contribution is -2.13. The van der Waals surface area contributed by atoms with Crippen LogP contribution in [-0.2, 0) is 9.84 Å². The minimum atomic E-state index is -3.58. The first-order valence-electron chi connectivity index (χ1n) is 7.27. The molecule has 0 aliphatic heterocycles. The van der Waals surface area contributed by atoms with Gasteiger partial charge in [0.15, 0.2) is 10.8 Å². The second-order valence-electron chi connectivity index (χ2n) is 5.41. The van der Waals surface area contributed by atoms with Crippen LogP contribution in [0.25, 0.3) is 15.7 Å². The fourth-order valence-electron chi connectivity index (χ4n) is 2.52. The fraction of sp³-hybridized carbons (Fsp3) is 0.0625. The van der Waals surface area contributed by atoms with Crippen molar-refractivity contribution in [3.63, 3.8) is 0 Å². The number of fused-ring (bicyclic) bond motifs is 2. The first kappa shape index (κ1) is 15.7. The van der Waals surface area contributed by atoms with Gasteiger partial charge in [-0.3, -0.25) is 14.5 Å². The molecule has 3 aromatic heterocycles. The molecule has 126 valence electrons. The summed E-state index contributed by atoms with van der Waals surface area (Å²) in [5.41, 5.74) is 1.25. The summed E-state index contributed by atoms with van der Waals surface area (Å²) in [4.78, 5) is 21.0. The molecular weight excluding hydrogens is 360 g/mol. The standard InChI is InChI=1S/C16H12N4O3S2/c1-25(22,23)16-18-13(11-7-4-5-9-20(11)16)14(21)19-15-17-10-6-2-3-8-12(10)24-15/h2-9H,1H3,(H,17,19,21). The van der Waals surface area contributed by atoms with Gasteiger partial charge in [-0.2, -0.15) is 0 Å². The second kappa shape index (κ2) is 5.64. The van der Waals surface area contributed by atoms with E-state index in [-0.39, 0.29) is 10.9 Å². The molecule has 0 radical (unpaired) electrons. The van der Waals surface area contributed by atoms with E-state index in [4.69, 9.17) is 0 Å². The minimum Gasteiger partial charge on any atom is -0.296 e. The third-order valence-corrected chi connectivity index (χ3v) is 5.48. The molecule has 0 saturated heterocycles. The van der Waals surface area contributed by atoms with Crippen molar-refractivity contribution >= 4 is 47.9 Å². The Kier molecular flexibility index (Phi) is 3.55. The van der Waals surface area contributed by atoms with Crippen molar-refractivity contribution in [2.24, 2.45) is 0 Å². The molecule has 25 heavy (non-hydrogen) atoms. The summed E-state index contributed by atoms with van der Waals surface area (Å²) in [5, 5.41) is 2.97. The second-order valence-corrected chi connectivity index (χ2v) is 8.35. The van der Waals surface area contributed by atoms with Gasteiger partial charge in [0, 0.05) is 12.5 Å². The quantitative estimate of drug-likeness (QED) is 0.597. The largest absolute Gasteiger partial charge is 0.296 e. The van der Waals surface area contributed by atoms with Crippen molar-refractivity contribution in [3.8, 4) is 0 Å². The van der Waals surface area contributed by atoms with E-state index in [0.29, 0.717) is 10.6 Å². The lowest BCUT2D eigenvalue weighted by atomic mass is 10.3. The average molecular weight is 372 g/mol. The molecule has 0 saturated carbocycles. The molecule has 0 aliphatic rings. The molecule has 1 N–H and O–H groups in total. The van der Waals surface area contributed by atoms with Gasteiger partial charge >= 0.3 is 0 Å². The number of pyridine rings is 1. The predicted octanol–water partition coefficient (Wildman–Crippen LogP) is 2.60. The van der Waals surface area contributed by atoms with Crippen LogP contribution in [0.3, 0.4) is 0 Å². The number of sulfone groups is 1. The molecule has 4 rings (SSSR count). The number of rotatable bonds is 3. The van der Waals surface area contributed by atoms with Crippen molar-refractivity contribution in [1.29, 1.82) is 0 Å². The summed E-state index contributed by atoms with van der Waals surface area (Å²) in [6.07, 6.45) is 2.62. The normalized spacial score (nSPS) is 11.9. The maximum absolute atomic E-state index is 12.6. The van der Waals surface area contributed by atoms with E-state index in [0.717, 1.165) is 16.5 Å². The number of imidazole rings is 1. The monoisotopic (exact) mass is 372 g/mol. The smallest absolute Gasteiger partial charge is 0.278 e. The van der Waals surface area contributed by atoms with Crippen molar-refractivity contribution < 1.29 is 13.2 Å². The zero-order chi connectivity index (χ0) is 17.6. The van der Waals surface area contributed by atoms with E-state index in [1.165, 1.54) is 15.7 Å². The molecule has 0 aliphatic carbocycles. The Morgan fingerprint density at radius 1 is 1.12 bits per heavy atom. The summed E-state index contributed by atoms with van der Waals surface area (Å²) in [6, 6.07) is 12.6. The van der Waals surface area contributed by atoms with Crippen LogP contribution in [-0.4, -0.2) is 34.9 Å². The molecule has 0 atom stereocenters. The molecule has 0 unspecified atom stereocenters. The summed E-state index contributed by atoms with van der Waals surface area (Å²) in [7, 11) is -3.58. The highest BCUT2D eigenvalue weighted by atomic mass is 32.2. The molecule has 1 amide bonds. The third kappa shape index (κ3) is 2.77. The fourth-order valence-corrected chi connectivity index (χ4v) is 4.15. The number of hydrogen-bond donors (Lipinski definition) is 1. The van der Waals surface area contributed by atoms with Crippen LogP contribution < -0.4 is 5.32 Å². The molecule has 9 heteroatoms. The maximum atomic E-state index is 12.6. The third-order valence-electron chi connectivity index (χ3n) is 3.58. The number of carbonyl (C=O) groups is 1. The summed E-state index contributed by atoms with van der Waals surface area (Å²) >= 11 is 1.34. The van der Waals surface area contributed by atoms with E-state index in [1.54, 1.807) is 24.4 Å². The van der Waals surface area contributed by atoms with E-state index >= 15 is 0 Å². The van der Waals surface area contributed by atoms with Gasteiger partial charge in [0.05, 0.1) is 15.7 Å². The molecule has 4 aromatic rings. The highest BCUT2D eigenvalue weighted by Crippen LogP contribution is 2.26. The first-order valence-corrected chi connectivity index (χ1v) is 9.98. The molecule has 0 spiro atoms. The van der Waals surface area contributed by atoms with E-state index in [1.807, 2.05) is 24.3 Å². The van der Waals surface area contributed by atoms with Gasteiger partial charge in [-0.05, 0) is 24.3 Å². The molecular formula is C16H12N4O3S2. The van der Waals surface area contributed by atoms with Crippen LogP contribution >= 0.6 is 11.3 Å². The minimum absolute atomic E-state index is 0.0419. The Morgan fingerprint density at radius 3 is 2.64 bits per heavy atom. The Hall–Kier alpha value is -2.78. The van der Waals surface area contributed by atoms with Crippen molar-refractivity contribution in [1.82, 2.24) is 14.4 Å². The van der Waals surface area contributed by atoms with E-state index in [9.17, 15) is 13.2 Å². The molecule has 1 aromatic carbocycles. The molecule has 0 fully saturated rings. The van der Waals surface area contributed by atoms with Crippen LogP contribution in [0.15, 0.2) is 53.8 Å². The first-order chi connectivity index (χ1) is 11.9. The number of anilines is 1. The highest BCUT2D eigenvalue weighted by Gasteiger charge is 2.23. The number of nitrogens with one attached hydrogen (secondary N) is 1. The van der Waals surface area contributed by atoms with E-state index in [2.05, 4.69) is 15.3 Å². The number of thiazole rings is 1.